The van der Waals surface area contributed by atoms with E-state index >= 15 is 0 Å². The van der Waals surface area contributed by atoms with Gasteiger partial charge in [-0.05, 0) is 85.7 Å². The Hall–Kier alpha value is -0.890. The Kier molecular flexibility index (Phi) is 10.9. The molecule has 4 aliphatic rings. The maximum Gasteiger partial charge on any atom is 0.321 e. The van der Waals surface area contributed by atoms with E-state index in [-0.39, 0.29) is 41.3 Å². The third-order valence-corrected chi connectivity index (χ3v) is 8.36. The first kappa shape index (κ1) is 28.3. The van der Waals surface area contributed by atoms with E-state index in [9.17, 15) is 19.5 Å². The van der Waals surface area contributed by atoms with Gasteiger partial charge >= 0.3 is 5.97 Å². The smallest absolute Gasteiger partial charge is 0.321 e. The van der Waals surface area contributed by atoms with Crippen molar-refractivity contribution in [2.75, 3.05) is 18.7 Å². The van der Waals surface area contributed by atoms with Gasteiger partial charge in [0.2, 0.25) is 0 Å². The molecule has 0 saturated heterocycles. The molecule has 0 aromatic carbocycles. The maximum absolute atomic E-state index is 12.8. The number of halogens is 1. The minimum Gasteiger partial charge on any atom is -0.457 e. The van der Waals surface area contributed by atoms with Gasteiger partial charge in [0.25, 0.3) is 0 Å². The highest BCUT2D eigenvalue weighted by atomic mass is 35.5. The van der Waals surface area contributed by atoms with Crippen LogP contribution in [0.1, 0.15) is 65.7 Å². The number of aliphatic hydroxyl groups is 1. The van der Waals surface area contributed by atoms with Crippen LogP contribution in [-0.4, -0.2) is 52.0 Å². The summed E-state index contributed by atoms with van der Waals surface area (Å²) in [7, 11) is 0. The predicted molar refractivity (Wildman–Crippen MR) is 131 cm³/mol. The molecule has 188 valence electrons. The molecule has 0 aromatic rings. The van der Waals surface area contributed by atoms with Crippen molar-refractivity contribution in [1.82, 2.24) is 0 Å². The lowest BCUT2D eigenvalue weighted by Gasteiger charge is -2.55. The molecule has 0 radical (unpaired) electrons. The summed E-state index contributed by atoms with van der Waals surface area (Å²) in [6.45, 7) is 5.92. The number of ether oxygens (including phenoxy) is 1. The number of aliphatic hydroxyl groups excluding tert-OH is 1. The molecule has 8 heteroatoms. The Bertz CT molecular complexity index is 740. The van der Waals surface area contributed by atoms with Gasteiger partial charge < -0.3 is 14.4 Å². The van der Waals surface area contributed by atoms with Crippen molar-refractivity contribution in [2.45, 2.75) is 71.8 Å². The third-order valence-electron chi connectivity index (χ3n) is 8.14. The van der Waals surface area contributed by atoms with E-state index in [0.717, 1.165) is 44.1 Å². The molecule has 0 aliphatic heterocycles. The molecule has 4 aliphatic carbocycles. The fourth-order valence-corrected chi connectivity index (χ4v) is 7.16. The zero-order chi connectivity index (χ0) is 24.8. The van der Waals surface area contributed by atoms with Crippen molar-refractivity contribution >= 4 is 41.2 Å². The van der Waals surface area contributed by atoms with Gasteiger partial charge in [-0.15, -0.1) is 11.6 Å². The zero-order valence-electron chi connectivity index (χ0n) is 20.2. The van der Waals surface area contributed by atoms with E-state index in [1.54, 1.807) is 6.26 Å². The lowest BCUT2D eigenvalue weighted by molar-refractivity contribution is -0.151. The monoisotopic (exact) mass is 502 g/mol. The quantitative estimate of drug-likeness (QED) is 0.320. The normalized spacial score (nSPS) is 36.5. The Labute approximate surface area is 207 Å². The molecular formula is C25H39ClO6S. The van der Waals surface area contributed by atoms with Gasteiger partial charge in [-0.2, -0.15) is 0 Å². The highest BCUT2D eigenvalue weighted by Crippen LogP contribution is 2.63. The zero-order valence-corrected chi connectivity index (χ0v) is 21.8. The Morgan fingerprint density at radius 1 is 1.21 bits per heavy atom. The lowest BCUT2D eigenvalue weighted by atomic mass is 9.50. The Balaban J connectivity index is 0.000000714. The highest BCUT2D eigenvalue weighted by molar-refractivity contribution is 7.93. The van der Waals surface area contributed by atoms with Gasteiger partial charge in [-0.25, -0.2) is 0 Å². The SMILES string of the molecule is CC.CC12CC(O)C3C4CCC(=O)C=C4CCC3C1CCC2C(=O)COC(=O)CCl.CSO. The topological polar surface area (TPSA) is 101 Å². The number of hydrogen-bond acceptors (Lipinski definition) is 7. The standard InChI is InChI=1S/C22H29ClO5.C2H6.CH4OS/c1-22-9-18(25)21-14-5-3-13(24)8-12(14)2-4-15(21)16(22)6-7-17(22)19(26)11-28-20(27)10-23;1-2;1-3-2/h8,14-18,21,25H,2-7,9-11H2,1H3;1-2H3;2H,1H3. The molecule has 0 spiro atoms. The van der Waals surface area contributed by atoms with Crippen molar-refractivity contribution in [2.24, 2.45) is 35.0 Å². The summed E-state index contributed by atoms with van der Waals surface area (Å²) in [5, 5.41) is 11.2. The molecule has 2 N–H and O–H groups in total. The first-order valence-electron chi connectivity index (χ1n) is 12.1. The second kappa shape index (κ2) is 12.7. The summed E-state index contributed by atoms with van der Waals surface area (Å²) in [4.78, 5) is 35.9. The Morgan fingerprint density at radius 3 is 2.52 bits per heavy atom. The van der Waals surface area contributed by atoms with E-state index in [0.29, 0.717) is 30.6 Å². The van der Waals surface area contributed by atoms with Crippen molar-refractivity contribution in [3.8, 4) is 0 Å². The number of Topliss-reactive ketones (excluding diaryl/α,β-unsaturated/α-hetero) is 1. The summed E-state index contributed by atoms with van der Waals surface area (Å²) in [6, 6.07) is 0. The summed E-state index contributed by atoms with van der Waals surface area (Å²) in [5.41, 5.74) is 0.982. The van der Waals surface area contributed by atoms with Crippen molar-refractivity contribution in [3.05, 3.63) is 11.6 Å². The number of hydrogen-bond donors (Lipinski definition) is 2. The largest absolute Gasteiger partial charge is 0.457 e. The molecule has 0 amide bonds. The lowest BCUT2D eigenvalue weighted by Crippen LogP contribution is -2.54. The van der Waals surface area contributed by atoms with E-state index in [1.165, 1.54) is 5.57 Å². The molecule has 4 rings (SSSR count). The fraction of sp³-hybridized carbons (Fsp3) is 0.800. The number of esters is 1. The summed E-state index contributed by atoms with van der Waals surface area (Å²) in [6.07, 6.45) is 8.71. The van der Waals surface area contributed by atoms with Crippen LogP contribution in [0.3, 0.4) is 0 Å². The molecule has 7 unspecified atom stereocenters. The van der Waals surface area contributed by atoms with Gasteiger partial charge in [0, 0.05) is 18.6 Å². The van der Waals surface area contributed by atoms with E-state index in [1.807, 2.05) is 19.9 Å². The molecule has 0 bridgehead atoms. The van der Waals surface area contributed by atoms with Gasteiger partial charge in [0.1, 0.15) is 12.5 Å². The van der Waals surface area contributed by atoms with Crippen LogP contribution in [0.5, 0.6) is 0 Å². The summed E-state index contributed by atoms with van der Waals surface area (Å²) >= 11 is 6.20. The second-order valence-corrected chi connectivity index (χ2v) is 10.2. The second-order valence-electron chi connectivity index (χ2n) is 9.57. The van der Waals surface area contributed by atoms with E-state index in [4.69, 9.17) is 20.9 Å². The van der Waals surface area contributed by atoms with Crippen LogP contribution in [0, 0.1) is 35.0 Å². The van der Waals surface area contributed by atoms with Crippen LogP contribution in [0.2, 0.25) is 0 Å². The molecule has 6 nitrogen and oxygen atoms in total. The number of rotatable bonds is 4. The number of allylic oxidation sites excluding steroid dienone is 1. The molecule has 3 fully saturated rings. The number of fused-ring (bicyclic) bond motifs is 5. The van der Waals surface area contributed by atoms with E-state index in [2.05, 4.69) is 6.92 Å². The van der Waals surface area contributed by atoms with Crippen molar-refractivity contribution < 1.29 is 28.8 Å². The summed E-state index contributed by atoms with van der Waals surface area (Å²) in [5.74, 6) is 0.485. The third kappa shape index (κ3) is 6.03. The van der Waals surface area contributed by atoms with Gasteiger partial charge in [-0.1, -0.05) is 26.3 Å². The average molecular weight is 503 g/mol. The van der Waals surface area contributed by atoms with Gasteiger partial charge in [0.05, 0.1) is 6.10 Å². The number of carbonyl (C=O) groups is 3. The average Bonchev–Trinajstić information content (AvgIpc) is 3.15. The minimum absolute atomic E-state index is 0.0474. The van der Waals surface area contributed by atoms with Crippen LogP contribution in [0.4, 0.5) is 0 Å². The van der Waals surface area contributed by atoms with Crippen LogP contribution in [0.25, 0.3) is 0 Å². The van der Waals surface area contributed by atoms with Gasteiger partial charge in [-0.3, -0.25) is 14.4 Å². The molecule has 7 atom stereocenters. The van der Waals surface area contributed by atoms with Crippen LogP contribution in [0.15, 0.2) is 11.6 Å². The van der Waals surface area contributed by atoms with Crippen molar-refractivity contribution in [3.63, 3.8) is 0 Å². The maximum atomic E-state index is 12.8. The van der Waals surface area contributed by atoms with E-state index < -0.39 is 12.1 Å². The van der Waals surface area contributed by atoms with Gasteiger partial charge in [0.15, 0.2) is 11.6 Å². The number of alkyl halides is 1. The fourth-order valence-electron chi connectivity index (χ4n) is 7.08. The number of carbonyl (C=O) groups excluding carboxylic acids is 3. The van der Waals surface area contributed by atoms with Crippen LogP contribution >= 0.6 is 23.6 Å². The molecule has 0 heterocycles. The van der Waals surface area contributed by atoms with Crippen molar-refractivity contribution in [1.29, 1.82) is 0 Å². The Morgan fingerprint density at radius 2 is 1.88 bits per heavy atom. The molecule has 3 saturated carbocycles. The molecule has 0 aromatic heterocycles. The first-order valence-corrected chi connectivity index (χ1v) is 13.8. The molecular weight excluding hydrogens is 464 g/mol. The minimum atomic E-state index is -0.572. The summed E-state index contributed by atoms with van der Waals surface area (Å²) < 4.78 is 12.5. The van der Waals surface area contributed by atoms with Crippen LogP contribution in [-0.2, 0) is 19.1 Å². The number of ketones is 2. The first-order chi connectivity index (χ1) is 15.8. The highest BCUT2D eigenvalue weighted by Gasteiger charge is 2.60. The predicted octanol–water partition coefficient (Wildman–Crippen LogP) is 4.91. The molecule has 33 heavy (non-hydrogen) atoms. The van der Waals surface area contributed by atoms with Crippen LogP contribution < -0.4 is 0 Å².